The van der Waals surface area contributed by atoms with Gasteiger partial charge in [0.25, 0.3) is 5.56 Å². The first-order valence-electron chi connectivity index (χ1n) is 11.2. The maximum Gasteiger partial charge on any atom is 0.322 e. The molecule has 0 fully saturated rings. The molecule has 3 N–H and O–H groups in total. The lowest BCUT2D eigenvalue weighted by Crippen LogP contribution is -2.32. The summed E-state index contributed by atoms with van der Waals surface area (Å²) in [5.41, 5.74) is 1.40. The molecule has 7 heteroatoms. The predicted octanol–water partition coefficient (Wildman–Crippen LogP) is 5.12. The third-order valence-corrected chi connectivity index (χ3v) is 5.12. The van der Waals surface area contributed by atoms with Crippen LogP contribution in [0.5, 0.6) is 0 Å². The Balaban J connectivity index is 1.73. The van der Waals surface area contributed by atoms with Crippen molar-refractivity contribution in [2.24, 2.45) is 0 Å². The van der Waals surface area contributed by atoms with Crippen molar-refractivity contribution in [3.05, 3.63) is 52.2 Å². The van der Waals surface area contributed by atoms with Crippen LogP contribution >= 0.6 is 0 Å². The fourth-order valence-corrected chi connectivity index (χ4v) is 3.39. The summed E-state index contributed by atoms with van der Waals surface area (Å²) in [4.78, 5) is 35.1. The van der Waals surface area contributed by atoms with Gasteiger partial charge in [-0.1, -0.05) is 58.3 Å². The van der Waals surface area contributed by atoms with Gasteiger partial charge in [0.1, 0.15) is 0 Å². The number of amides is 2. The van der Waals surface area contributed by atoms with E-state index in [1.54, 1.807) is 12.4 Å². The number of pyridine rings is 1. The van der Waals surface area contributed by atoms with Gasteiger partial charge in [-0.25, -0.2) is 9.78 Å². The summed E-state index contributed by atoms with van der Waals surface area (Å²) in [5.74, 6) is 0.174. The zero-order chi connectivity index (χ0) is 21.6. The highest BCUT2D eigenvalue weighted by molar-refractivity contribution is 5.87. The van der Waals surface area contributed by atoms with Gasteiger partial charge < -0.3 is 5.32 Å². The Hall–Kier alpha value is -2.70. The number of nitrogens with zero attached hydrogens (tertiary/aromatic N) is 2. The summed E-state index contributed by atoms with van der Waals surface area (Å²) < 4.78 is 0. The quantitative estimate of drug-likeness (QED) is 0.397. The van der Waals surface area contributed by atoms with Crippen LogP contribution in [0.1, 0.15) is 88.9 Å². The number of aromatic nitrogens is 3. The lowest BCUT2D eigenvalue weighted by Gasteiger charge is -2.14. The summed E-state index contributed by atoms with van der Waals surface area (Å²) in [7, 11) is 0. The van der Waals surface area contributed by atoms with Gasteiger partial charge in [-0.15, -0.1) is 0 Å². The fraction of sp³-hybridized carbons (Fsp3) is 0.565. The molecule has 0 aliphatic carbocycles. The first-order chi connectivity index (χ1) is 14.6. The smallest absolute Gasteiger partial charge is 0.322 e. The van der Waals surface area contributed by atoms with E-state index in [0.29, 0.717) is 5.69 Å². The maximum absolute atomic E-state index is 12.2. The number of carbonyl (C=O) groups is 1. The van der Waals surface area contributed by atoms with Crippen molar-refractivity contribution in [2.45, 2.75) is 84.1 Å². The van der Waals surface area contributed by atoms with Gasteiger partial charge >= 0.3 is 6.03 Å². The molecule has 2 aromatic rings. The molecule has 0 aliphatic rings. The van der Waals surface area contributed by atoms with Gasteiger partial charge in [0, 0.05) is 24.2 Å². The van der Waals surface area contributed by atoms with Crippen LogP contribution in [0.25, 0.3) is 0 Å². The van der Waals surface area contributed by atoms with E-state index in [2.05, 4.69) is 32.5 Å². The van der Waals surface area contributed by atoms with E-state index in [0.717, 1.165) is 24.8 Å². The summed E-state index contributed by atoms with van der Waals surface area (Å²) >= 11 is 0. The molecule has 2 amide bonds. The van der Waals surface area contributed by atoms with E-state index in [1.807, 2.05) is 19.1 Å². The minimum absolute atomic E-state index is 0.174. The molecule has 0 spiro atoms. The molecule has 0 saturated heterocycles. The molecule has 164 valence electrons. The Labute approximate surface area is 179 Å². The summed E-state index contributed by atoms with van der Waals surface area (Å²) in [6, 6.07) is 4.59. The Morgan fingerprint density at radius 2 is 1.67 bits per heavy atom. The molecule has 2 heterocycles. The van der Waals surface area contributed by atoms with Crippen LogP contribution in [0.3, 0.4) is 0 Å². The van der Waals surface area contributed by atoms with E-state index in [-0.39, 0.29) is 17.5 Å². The van der Waals surface area contributed by atoms with Crippen molar-refractivity contribution in [3.8, 4) is 0 Å². The highest BCUT2D eigenvalue weighted by Crippen LogP contribution is 2.12. The molecule has 2 aromatic heterocycles. The maximum atomic E-state index is 12.2. The van der Waals surface area contributed by atoms with Crippen LogP contribution in [-0.4, -0.2) is 21.0 Å². The first kappa shape index (κ1) is 23.6. The highest BCUT2D eigenvalue weighted by atomic mass is 16.2. The average molecular weight is 414 g/mol. The number of H-pyrrole nitrogens is 1. The Bertz CT molecular complexity index is 807. The van der Waals surface area contributed by atoms with Crippen molar-refractivity contribution in [1.29, 1.82) is 0 Å². The number of hydrogen-bond acceptors (Lipinski definition) is 4. The minimum atomic E-state index is -0.414. The second-order valence-corrected chi connectivity index (χ2v) is 7.76. The van der Waals surface area contributed by atoms with Gasteiger partial charge in [-0.05, 0) is 37.5 Å². The summed E-state index contributed by atoms with van der Waals surface area (Å²) in [5, 5.41) is 5.45. The van der Waals surface area contributed by atoms with Gasteiger partial charge in [0.2, 0.25) is 5.95 Å². The van der Waals surface area contributed by atoms with Crippen LogP contribution in [0, 0.1) is 0 Å². The molecular weight excluding hydrogens is 378 g/mol. The molecule has 30 heavy (non-hydrogen) atoms. The third-order valence-electron chi connectivity index (χ3n) is 5.12. The predicted molar refractivity (Wildman–Crippen MR) is 121 cm³/mol. The molecule has 1 atom stereocenters. The van der Waals surface area contributed by atoms with Crippen LogP contribution < -0.4 is 16.2 Å². The number of hydrogen-bond donors (Lipinski definition) is 3. The number of unbranched alkanes of at least 4 members (excludes halogenated alkanes) is 8. The number of urea groups is 1. The monoisotopic (exact) mass is 413 g/mol. The lowest BCUT2D eigenvalue weighted by atomic mass is 10.1. The van der Waals surface area contributed by atoms with Crippen molar-refractivity contribution >= 4 is 12.0 Å². The van der Waals surface area contributed by atoms with Crippen molar-refractivity contribution in [2.75, 3.05) is 5.32 Å². The number of nitrogens with one attached hydrogen (secondary N) is 3. The van der Waals surface area contributed by atoms with Crippen molar-refractivity contribution < 1.29 is 4.79 Å². The van der Waals surface area contributed by atoms with E-state index in [4.69, 9.17) is 0 Å². The number of aryl methyl sites for hydroxylation is 1. The zero-order valence-electron chi connectivity index (χ0n) is 18.2. The second kappa shape index (κ2) is 13.5. The molecule has 0 radical (unpaired) electrons. The van der Waals surface area contributed by atoms with Gasteiger partial charge in [-0.3, -0.25) is 20.1 Å². The van der Waals surface area contributed by atoms with Crippen LogP contribution in [0.2, 0.25) is 0 Å². The van der Waals surface area contributed by atoms with Crippen LogP contribution in [-0.2, 0) is 6.42 Å². The second-order valence-electron chi connectivity index (χ2n) is 7.76. The Kier molecular flexibility index (Phi) is 10.6. The topological polar surface area (TPSA) is 99.8 Å². The van der Waals surface area contributed by atoms with Gasteiger partial charge in [0.15, 0.2) is 0 Å². The SMILES string of the molecule is CCCCCCCCCCCc1cc(=O)[nH]c(NC(=O)NC(C)c2ccncc2)n1. The largest absolute Gasteiger partial charge is 0.331 e. The third kappa shape index (κ3) is 9.20. The number of anilines is 1. The zero-order valence-corrected chi connectivity index (χ0v) is 18.2. The standard InChI is InChI=1S/C23H35N5O2/c1-3-4-5-6-7-8-9-10-11-12-20-17-21(29)27-22(26-20)28-23(30)25-18(2)19-13-15-24-16-14-19/h13-18H,3-12H2,1-2H3,(H3,25,26,27,28,29,30). The van der Waals surface area contributed by atoms with E-state index in [1.165, 1.54) is 51.0 Å². The van der Waals surface area contributed by atoms with Crippen molar-refractivity contribution in [3.63, 3.8) is 0 Å². The molecule has 1 unspecified atom stereocenters. The Morgan fingerprint density at radius 1 is 1.03 bits per heavy atom. The first-order valence-corrected chi connectivity index (χ1v) is 11.2. The molecule has 0 bridgehead atoms. The molecule has 0 saturated carbocycles. The van der Waals surface area contributed by atoms with E-state index in [9.17, 15) is 9.59 Å². The summed E-state index contributed by atoms with van der Waals surface area (Å²) in [6.07, 6.45) is 15.3. The number of rotatable bonds is 13. The van der Waals surface area contributed by atoms with Crippen molar-refractivity contribution in [1.82, 2.24) is 20.3 Å². The minimum Gasteiger partial charge on any atom is -0.331 e. The molecule has 0 aliphatic heterocycles. The normalized spacial score (nSPS) is 11.8. The Morgan fingerprint density at radius 3 is 2.33 bits per heavy atom. The molecule has 0 aromatic carbocycles. The number of carbonyl (C=O) groups excluding carboxylic acids is 1. The van der Waals surface area contributed by atoms with E-state index < -0.39 is 6.03 Å². The van der Waals surface area contributed by atoms with Crippen LogP contribution in [0.4, 0.5) is 10.7 Å². The molecular formula is C23H35N5O2. The van der Waals surface area contributed by atoms with Gasteiger partial charge in [-0.2, -0.15) is 0 Å². The van der Waals surface area contributed by atoms with Gasteiger partial charge in [0.05, 0.1) is 6.04 Å². The van der Waals surface area contributed by atoms with E-state index >= 15 is 0 Å². The molecule has 2 rings (SSSR count). The molecule has 7 nitrogen and oxygen atoms in total. The lowest BCUT2D eigenvalue weighted by molar-refractivity contribution is 0.249. The van der Waals surface area contributed by atoms with Crippen LogP contribution in [0.15, 0.2) is 35.4 Å². The average Bonchev–Trinajstić information content (AvgIpc) is 2.72. The number of aromatic amines is 1. The highest BCUT2D eigenvalue weighted by Gasteiger charge is 2.11. The summed E-state index contributed by atoms with van der Waals surface area (Å²) in [6.45, 7) is 4.12. The fourth-order valence-electron chi connectivity index (χ4n) is 3.39.